The molecule has 1 aromatic carbocycles. The number of rotatable bonds is 5. The molecule has 1 saturated carbocycles. The second-order valence-electron chi connectivity index (χ2n) is 6.40. The monoisotopic (exact) mass is 361 g/mol. The van der Waals surface area contributed by atoms with Crippen LogP contribution in [0.15, 0.2) is 29.4 Å². The second kappa shape index (κ2) is 7.03. The van der Waals surface area contributed by atoms with E-state index >= 15 is 0 Å². The lowest BCUT2D eigenvalue weighted by Gasteiger charge is -2.14. The van der Waals surface area contributed by atoms with Gasteiger partial charge in [-0.2, -0.15) is 0 Å². The van der Waals surface area contributed by atoms with E-state index < -0.39 is 0 Å². The number of nitrogens with one attached hydrogen (secondary N) is 1. The largest absolute Gasteiger partial charge is 0.353 e. The Labute approximate surface area is 149 Å². The molecule has 1 aliphatic heterocycles. The van der Waals surface area contributed by atoms with Crippen molar-refractivity contribution >= 4 is 29.3 Å². The molecule has 1 N–H and O–H groups in total. The van der Waals surface area contributed by atoms with Gasteiger partial charge in [0.05, 0.1) is 5.75 Å². The van der Waals surface area contributed by atoms with Crippen LogP contribution in [0.25, 0.3) is 0 Å². The summed E-state index contributed by atoms with van der Waals surface area (Å²) in [7, 11) is 0. The zero-order valence-corrected chi connectivity index (χ0v) is 14.6. The quantitative estimate of drug-likeness (QED) is 0.830. The molecule has 0 bridgehead atoms. The summed E-state index contributed by atoms with van der Waals surface area (Å²) in [5, 5.41) is 12.3. The molecule has 0 radical (unpaired) electrons. The number of carbonyl (C=O) groups excluding carboxylic acids is 1. The number of nitrogens with zero attached hydrogens (tertiary/aromatic N) is 4. The van der Waals surface area contributed by atoms with E-state index in [-0.39, 0.29) is 11.7 Å². The van der Waals surface area contributed by atoms with Gasteiger partial charge in [0.15, 0.2) is 5.16 Å². The zero-order valence-electron chi connectivity index (χ0n) is 13.8. The van der Waals surface area contributed by atoms with Crippen LogP contribution < -0.4 is 10.2 Å². The molecule has 0 spiro atoms. The third kappa shape index (κ3) is 3.49. The van der Waals surface area contributed by atoms with Crippen LogP contribution in [-0.2, 0) is 11.3 Å². The molecule has 1 amide bonds. The Kier molecular flexibility index (Phi) is 4.61. The van der Waals surface area contributed by atoms with Gasteiger partial charge in [-0.05, 0) is 37.1 Å². The Morgan fingerprint density at radius 2 is 1.96 bits per heavy atom. The van der Waals surface area contributed by atoms with E-state index in [4.69, 9.17) is 0 Å². The van der Waals surface area contributed by atoms with Crippen LogP contribution in [0.2, 0.25) is 0 Å². The molecule has 4 rings (SSSR count). The summed E-state index contributed by atoms with van der Waals surface area (Å²) in [5.41, 5.74) is 0.892. The maximum atomic E-state index is 13.1. The van der Waals surface area contributed by atoms with Crippen molar-refractivity contribution in [3.8, 4) is 0 Å². The Hall–Kier alpha value is -2.09. The smallest absolute Gasteiger partial charge is 0.232 e. The third-order valence-corrected chi connectivity index (χ3v) is 5.64. The van der Waals surface area contributed by atoms with Crippen molar-refractivity contribution in [3.05, 3.63) is 30.1 Å². The van der Waals surface area contributed by atoms with Crippen molar-refractivity contribution in [2.45, 2.75) is 43.4 Å². The maximum Gasteiger partial charge on any atom is 0.232 e. The molecule has 1 aliphatic carbocycles. The minimum Gasteiger partial charge on any atom is -0.353 e. The summed E-state index contributed by atoms with van der Waals surface area (Å²) >= 11 is 1.41. The second-order valence-corrected chi connectivity index (χ2v) is 7.34. The minimum absolute atomic E-state index is 0.0580. The standard InChI is InChI=1S/C17H20FN5OS/c18-12-5-7-14(8-6-12)22-9-10-23-16(22)20-21-17(23)25-11-15(24)19-13-3-1-2-4-13/h5-8,13H,1-4,9-11H2,(H,19,24). The topological polar surface area (TPSA) is 63.1 Å². The summed E-state index contributed by atoms with van der Waals surface area (Å²) < 4.78 is 15.1. The van der Waals surface area contributed by atoms with Crippen LogP contribution in [0.1, 0.15) is 25.7 Å². The van der Waals surface area contributed by atoms with E-state index in [1.54, 1.807) is 12.1 Å². The van der Waals surface area contributed by atoms with Crippen molar-refractivity contribution in [2.75, 3.05) is 17.2 Å². The fourth-order valence-electron chi connectivity index (χ4n) is 3.42. The zero-order chi connectivity index (χ0) is 17.2. The van der Waals surface area contributed by atoms with Crippen LogP contribution in [0, 0.1) is 5.82 Å². The number of hydrogen-bond donors (Lipinski definition) is 1. The molecule has 8 heteroatoms. The first-order valence-corrected chi connectivity index (χ1v) is 9.58. The Morgan fingerprint density at radius 3 is 2.72 bits per heavy atom. The number of hydrogen-bond acceptors (Lipinski definition) is 5. The number of halogens is 1. The fourth-order valence-corrected chi connectivity index (χ4v) is 4.19. The highest BCUT2D eigenvalue weighted by molar-refractivity contribution is 7.99. The molecule has 2 aliphatic rings. The van der Waals surface area contributed by atoms with Gasteiger partial charge in [-0.15, -0.1) is 10.2 Å². The van der Waals surface area contributed by atoms with Crippen molar-refractivity contribution in [2.24, 2.45) is 0 Å². The van der Waals surface area contributed by atoms with E-state index in [0.29, 0.717) is 11.8 Å². The number of benzene rings is 1. The molecule has 2 aromatic rings. The van der Waals surface area contributed by atoms with Gasteiger partial charge >= 0.3 is 0 Å². The number of carbonyl (C=O) groups is 1. The molecule has 132 valence electrons. The molecule has 2 heterocycles. The SMILES string of the molecule is O=C(CSc1nnc2n1CCN2c1ccc(F)cc1)NC1CCCC1. The fraction of sp³-hybridized carbons (Fsp3) is 0.471. The number of thioether (sulfide) groups is 1. The molecule has 0 unspecified atom stereocenters. The first-order chi connectivity index (χ1) is 12.2. The lowest BCUT2D eigenvalue weighted by atomic mass is 10.2. The maximum absolute atomic E-state index is 13.1. The molecular weight excluding hydrogens is 341 g/mol. The summed E-state index contributed by atoms with van der Waals surface area (Å²) in [5.74, 6) is 0.896. The average Bonchev–Trinajstić information content (AvgIpc) is 3.32. The summed E-state index contributed by atoms with van der Waals surface area (Å²) in [4.78, 5) is 14.1. The van der Waals surface area contributed by atoms with E-state index in [1.165, 1.54) is 36.7 Å². The van der Waals surface area contributed by atoms with E-state index in [9.17, 15) is 9.18 Å². The van der Waals surface area contributed by atoms with Gasteiger partial charge in [0, 0.05) is 24.8 Å². The van der Waals surface area contributed by atoms with Crippen molar-refractivity contribution in [1.82, 2.24) is 20.1 Å². The highest BCUT2D eigenvalue weighted by atomic mass is 32.2. The van der Waals surface area contributed by atoms with Crippen LogP contribution in [0.5, 0.6) is 0 Å². The lowest BCUT2D eigenvalue weighted by Crippen LogP contribution is -2.33. The molecular formula is C17H20FN5OS. The normalized spacial score (nSPS) is 17.1. The molecule has 0 saturated heterocycles. The van der Waals surface area contributed by atoms with Gasteiger partial charge in [0.2, 0.25) is 11.9 Å². The minimum atomic E-state index is -0.256. The van der Waals surface area contributed by atoms with E-state index in [1.807, 2.05) is 9.47 Å². The van der Waals surface area contributed by atoms with Gasteiger partial charge in [-0.1, -0.05) is 24.6 Å². The number of fused-ring (bicyclic) bond motifs is 1. The summed E-state index contributed by atoms with van der Waals surface area (Å²) in [6.07, 6.45) is 4.58. The van der Waals surface area contributed by atoms with Crippen LogP contribution in [-0.4, -0.2) is 39.0 Å². The highest BCUT2D eigenvalue weighted by Crippen LogP contribution is 2.32. The van der Waals surface area contributed by atoms with Crippen LogP contribution in [0.3, 0.4) is 0 Å². The Balaban J connectivity index is 1.39. The number of anilines is 2. The highest BCUT2D eigenvalue weighted by Gasteiger charge is 2.26. The Morgan fingerprint density at radius 1 is 1.20 bits per heavy atom. The van der Waals surface area contributed by atoms with Gasteiger partial charge < -0.3 is 10.2 Å². The number of aromatic nitrogens is 3. The summed E-state index contributed by atoms with van der Waals surface area (Å²) in [6.45, 7) is 1.52. The predicted molar refractivity (Wildman–Crippen MR) is 94.6 cm³/mol. The van der Waals surface area contributed by atoms with Gasteiger partial charge in [0.25, 0.3) is 0 Å². The molecule has 1 fully saturated rings. The molecule has 25 heavy (non-hydrogen) atoms. The first-order valence-electron chi connectivity index (χ1n) is 8.59. The first kappa shape index (κ1) is 16.4. The van der Waals surface area contributed by atoms with Crippen molar-refractivity contribution < 1.29 is 9.18 Å². The number of amides is 1. The molecule has 6 nitrogen and oxygen atoms in total. The molecule has 1 aromatic heterocycles. The van der Waals surface area contributed by atoms with Gasteiger partial charge in [0.1, 0.15) is 5.82 Å². The lowest BCUT2D eigenvalue weighted by molar-refractivity contribution is -0.119. The van der Waals surface area contributed by atoms with Gasteiger partial charge in [-0.3, -0.25) is 9.36 Å². The predicted octanol–water partition coefficient (Wildman–Crippen LogP) is 2.72. The van der Waals surface area contributed by atoms with Crippen LogP contribution >= 0.6 is 11.8 Å². The molecule has 0 atom stereocenters. The van der Waals surface area contributed by atoms with E-state index in [0.717, 1.165) is 42.7 Å². The Bertz CT molecular complexity index is 757. The average molecular weight is 361 g/mol. The third-order valence-electron chi connectivity index (χ3n) is 4.68. The van der Waals surface area contributed by atoms with Crippen LogP contribution in [0.4, 0.5) is 16.0 Å². The van der Waals surface area contributed by atoms with E-state index in [2.05, 4.69) is 15.5 Å². The van der Waals surface area contributed by atoms with Gasteiger partial charge in [-0.25, -0.2) is 4.39 Å². The van der Waals surface area contributed by atoms with Crippen molar-refractivity contribution in [3.63, 3.8) is 0 Å². The van der Waals surface area contributed by atoms with Crippen molar-refractivity contribution in [1.29, 1.82) is 0 Å². The summed E-state index contributed by atoms with van der Waals surface area (Å²) in [6, 6.07) is 6.70.